The first-order valence-electron chi connectivity index (χ1n) is 7.95. The van der Waals surface area contributed by atoms with Gasteiger partial charge < -0.3 is 15.1 Å². The van der Waals surface area contributed by atoms with Crippen LogP contribution in [0.5, 0.6) is 0 Å². The van der Waals surface area contributed by atoms with Crippen LogP contribution in [0.3, 0.4) is 0 Å². The van der Waals surface area contributed by atoms with Gasteiger partial charge in [-0.05, 0) is 23.3 Å². The van der Waals surface area contributed by atoms with E-state index in [1.165, 1.54) is 6.26 Å². The fourth-order valence-electron chi connectivity index (χ4n) is 2.52. The molecule has 0 aliphatic rings. The predicted octanol–water partition coefficient (Wildman–Crippen LogP) is 2.92. The maximum absolute atomic E-state index is 12.3. The van der Waals surface area contributed by atoms with Crippen LogP contribution in [0.2, 0.25) is 0 Å². The number of hydrogen-bond acceptors (Lipinski definition) is 3. The summed E-state index contributed by atoms with van der Waals surface area (Å²) in [7, 11) is 0. The number of carbonyl (C=O) groups excluding carboxylic acids is 2. The summed E-state index contributed by atoms with van der Waals surface area (Å²) in [6, 6.07) is 22.3. The summed E-state index contributed by atoms with van der Waals surface area (Å²) in [6.07, 6.45) is 1.41. The summed E-state index contributed by atoms with van der Waals surface area (Å²) in [5, 5.41) is 5.51. The lowest BCUT2D eigenvalue weighted by molar-refractivity contribution is -0.120. The van der Waals surface area contributed by atoms with Gasteiger partial charge in [0.05, 0.1) is 18.8 Å². The number of benzene rings is 2. The first kappa shape index (κ1) is 16.5. The van der Waals surface area contributed by atoms with Gasteiger partial charge in [0.2, 0.25) is 5.91 Å². The fourth-order valence-corrected chi connectivity index (χ4v) is 2.52. The van der Waals surface area contributed by atoms with E-state index < -0.39 is 5.91 Å². The second-order valence-electron chi connectivity index (χ2n) is 5.48. The Morgan fingerprint density at radius 2 is 1.44 bits per heavy atom. The van der Waals surface area contributed by atoms with Gasteiger partial charge in [-0.3, -0.25) is 9.59 Å². The Balaban J connectivity index is 1.68. The molecule has 1 aromatic heterocycles. The first-order valence-corrected chi connectivity index (χ1v) is 7.95. The number of amides is 2. The smallest absolute Gasteiger partial charge is 0.287 e. The van der Waals surface area contributed by atoms with Crippen LogP contribution in [0.1, 0.15) is 27.7 Å². The van der Waals surface area contributed by atoms with Crippen LogP contribution >= 0.6 is 0 Å². The highest BCUT2D eigenvalue weighted by molar-refractivity contribution is 5.94. The van der Waals surface area contributed by atoms with Crippen molar-refractivity contribution >= 4 is 11.8 Å². The fraction of sp³-hybridized carbons (Fsp3) is 0.100. The molecular formula is C20H18N2O3. The van der Waals surface area contributed by atoms with E-state index in [0.29, 0.717) is 0 Å². The molecule has 25 heavy (non-hydrogen) atoms. The van der Waals surface area contributed by atoms with E-state index in [9.17, 15) is 9.59 Å². The molecule has 3 aromatic rings. The molecule has 0 unspecified atom stereocenters. The summed E-state index contributed by atoms with van der Waals surface area (Å²) in [4.78, 5) is 24.2. The number of nitrogens with one attached hydrogen (secondary N) is 2. The summed E-state index contributed by atoms with van der Waals surface area (Å²) in [5.41, 5.74) is 1.94. The molecule has 1 heterocycles. The van der Waals surface area contributed by atoms with Crippen LogP contribution < -0.4 is 10.6 Å². The van der Waals surface area contributed by atoms with E-state index in [0.717, 1.165) is 11.1 Å². The topological polar surface area (TPSA) is 71.3 Å². The van der Waals surface area contributed by atoms with Gasteiger partial charge in [0, 0.05) is 0 Å². The molecule has 126 valence electrons. The quantitative estimate of drug-likeness (QED) is 0.728. The van der Waals surface area contributed by atoms with Crippen LogP contribution in [0.15, 0.2) is 83.5 Å². The van der Waals surface area contributed by atoms with Crippen molar-refractivity contribution in [3.8, 4) is 0 Å². The molecule has 2 amide bonds. The van der Waals surface area contributed by atoms with Gasteiger partial charge in [-0.25, -0.2) is 0 Å². The second-order valence-corrected chi connectivity index (χ2v) is 5.48. The standard InChI is InChI=1S/C20H18N2O3/c23-18(14-21-20(24)17-12-7-13-25-17)22-19(15-8-3-1-4-9-15)16-10-5-2-6-11-16/h1-13,19H,14H2,(H,21,24)(H,22,23). The Bertz CT molecular complexity index is 775. The summed E-state index contributed by atoms with van der Waals surface area (Å²) in [5.74, 6) is -0.524. The molecule has 0 atom stereocenters. The normalized spacial score (nSPS) is 10.4. The van der Waals surface area contributed by atoms with Crippen molar-refractivity contribution < 1.29 is 14.0 Å². The summed E-state index contributed by atoms with van der Waals surface area (Å²) in [6.45, 7) is -0.129. The minimum absolute atomic E-state index is 0.129. The lowest BCUT2D eigenvalue weighted by Crippen LogP contribution is -2.38. The largest absolute Gasteiger partial charge is 0.459 e. The number of hydrogen-bond donors (Lipinski definition) is 2. The minimum atomic E-state index is -0.420. The molecule has 2 aromatic carbocycles. The molecule has 0 saturated heterocycles. The lowest BCUT2D eigenvalue weighted by atomic mass is 9.99. The van der Waals surface area contributed by atoms with Crippen molar-refractivity contribution in [1.29, 1.82) is 0 Å². The Labute approximate surface area is 145 Å². The zero-order valence-electron chi connectivity index (χ0n) is 13.5. The maximum Gasteiger partial charge on any atom is 0.287 e. The molecule has 3 rings (SSSR count). The monoisotopic (exact) mass is 334 g/mol. The third-order valence-electron chi connectivity index (χ3n) is 3.73. The van der Waals surface area contributed by atoms with Gasteiger partial charge in [-0.2, -0.15) is 0 Å². The third-order valence-corrected chi connectivity index (χ3v) is 3.73. The maximum atomic E-state index is 12.3. The minimum Gasteiger partial charge on any atom is -0.459 e. The summed E-state index contributed by atoms with van der Waals surface area (Å²) >= 11 is 0. The second kappa shape index (κ2) is 7.97. The van der Waals surface area contributed by atoms with Crippen molar-refractivity contribution in [2.24, 2.45) is 0 Å². The number of rotatable bonds is 6. The number of furan rings is 1. The number of carbonyl (C=O) groups is 2. The lowest BCUT2D eigenvalue weighted by Gasteiger charge is -2.20. The Morgan fingerprint density at radius 1 is 0.840 bits per heavy atom. The molecule has 5 nitrogen and oxygen atoms in total. The summed E-state index contributed by atoms with van der Waals surface area (Å²) < 4.78 is 5.00. The van der Waals surface area contributed by atoms with Crippen LogP contribution in [0, 0.1) is 0 Å². The molecule has 0 aliphatic carbocycles. The van der Waals surface area contributed by atoms with E-state index in [1.807, 2.05) is 60.7 Å². The van der Waals surface area contributed by atoms with Crippen molar-refractivity contribution in [3.05, 3.63) is 95.9 Å². The Morgan fingerprint density at radius 3 is 1.96 bits per heavy atom. The van der Waals surface area contributed by atoms with Crippen LogP contribution in [-0.2, 0) is 4.79 Å². The third kappa shape index (κ3) is 4.35. The van der Waals surface area contributed by atoms with E-state index >= 15 is 0 Å². The van der Waals surface area contributed by atoms with Crippen LogP contribution in [0.25, 0.3) is 0 Å². The molecule has 0 spiro atoms. The van der Waals surface area contributed by atoms with Crippen LogP contribution in [-0.4, -0.2) is 18.4 Å². The zero-order chi connectivity index (χ0) is 17.5. The van der Waals surface area contributed by atoms with Crippen molar-refractivity contribution in [3.63, 3.8) is 0 Å². The van der Waals surface area contributed by atoms with Crippen molar-refractivity contribution in [2.45, 2.75) is 6.04 Å². The van der Waals surface area contributed by atoms with Crippen molar-refractivity contribution in [1.82, 2.24) is 10.6 Å². The van der Waals surface area contributed by atoms with Gasteiger partial charge in [0.25, 0.3) is 5.91 Å². The van der Waals surface area contributed by atoms with Gasteiger partial charge >= 0.3 is 0 Å². The highest BCUT2D eigenvalue weighted by Crippen LogP contribution is 2.21. The molecule has 5 heteroatoms. The Kier molecular flexibility index (Phi) is 5.26. The van der Waals surface area contributed by atoms with Crippen LogP contribution in [0.4, 0.5) is 0 Å². The van der Waals surface area contributed by atoms with Gasteiger partial charge in [-0.15, -0.1) is 0 Å². The van der Waals surface area contributed by atoms with Gasteiger partial charge in [0.15, 0.2) is 5.76 Å². The van der Waals surface area contributed by atoms with E-state index in [-0.39, 0.29) is 24.3 Å². The molecule has 0 fully saturated rings. The van der Waals surface area contributed by atoms with Gasteiger partial charge in [0.1, 0.15) is 0 Å². The van der Waals surface area contributed by atoms with E-state index in [4.69, 9.17) is 4.42 Å². The molecule has 0 saturated carbocycles. The zero-order valence-corrected chi connectivity index (χ0v) is 13.5. The highest BCUT2D eigenvalue weighted by Gasteiger charge is 2.17. The van der Waals surface area contributed by atoms with E-state index in [2.05, 4.69) is 10.6 Å². The molecule has 0 radical (unpaired) electrons. The average Bonchev–Trinajstić information content (AvgIpc) is 3.20. The molecular weight excluding hydrogens is 316 g/mol. The van der Waals surface area contributed by atoms with E-state index in [1.54, 1.807) is 12.1 Å². The highest BCUT2D eigenvalue weighted by atomic mass is 16.3. The Hall–Kier alpha value is -3.34. The average molecular weight is 334 g/mol. The van der Waals surface area contributed by atoms with Crippen molar-refractivity contribution in [2.75, 3.05) is 6.54 Å². The molecule has 0 aliphatic heterocycles. The SMILES string of the molecule is O=C(CNC(=O)c1ccco1)NC(c1ccccc1)c1ccccc1. The first-order chi connectivity index (χ1) is 12.2. The predicted molar refractivity (Wildman–Crippen MR) is 93.9 cm³/mol. The van der Waals surface area contributed by atoms with Gasteiger partial charge in [-0.1, -0.05) is 60.7 Å². The molecule has 2 N–H and O–H groups in total. The molecule has 0 bridgehead atoms.